The van der Waals surface area contributed by atoms with Crippen molar-refractivity contribution in [2.75, 3.05) is 22.9 Å². The number of hydrogen-bond donors (Lipinski definition) is 4. The average Bonchev–Trinajstić information content (AvgIpc) is 4.15. The van der Waals surface area contributed by atoms with Crippen LogP contribution in [0.2, 0.25) is 0 Å². The number of carbonyl (C=O) groups is 4. The van der Waals surface area contributed by atoms with Crippen LogP contribution in [0.5, 0.6) is 46.0 Å². The van der Waals surface area contributed by atoms with Gasteiger partial charge in [-0.25, -0.2) is 19.2 Å². The predicted molar refractivity (Wildman–Crippen MR) is 324 cm³/mol. The maximum atomic E-state index is 11.6. The number of anilines is 4. The van der Waals surface area contributed by atoms with Crippen molar-refractivity contribution in [1.29, 1.82) is 0 Å². The lowest BCUT2D eigenvalue weighted by atomic mass is 9.95. The molecular weight excluding hydrogens is 1040 g/mol. The van der Waals surface area contributed by atoms with Crippen LogP contribution < -0.4 is 41.9 Å². The third kappa shape index (κ3) is 14.8. The number of cyclic esters (lactones) is 4. The fourth-order valence-electron chi connectivity index (χ4n) is 8.72. The summed E-state index contributed by atoms with van der Waals surface area (Å²) in [6.45, 7) is 10.5. The first-order valence-corrected chi connectivity index (χ1v) is 26.2. The van der Waals surface area contributed by atoms with Crippen LogP contribution in [0.1, 0.15) is 69.2 Å². The molecular formula is C69H58N4O10. The summed E-state index contributed by atoms with van der Waals surface area (Å²) >= 11 is 0. The molecule has 0 spiro atoms. The topological polar surface area (TPSA) is 228 Å². The Hall–Kier alpha value is -11.1. The van der Waals surface area contributed by atoms with Crippen molar-refractivity contribution in [3.05, 3.63) is 262 Å². The number of rotatable bonds is 10. The van der Waals surface area contributed by atoms with E-state index in [1.807, 2.05) is 135 Å². The first kappa shape index (κ1) is 56.6. The van der Waals surface area contributed by atoms with Crippen LogP contribution in [0.3, 0.4) is 0 Å². The second kappa shape index (κ2) is 25.3. The molecule has 0 aliphatic carbocycles. The van der Waals surface area contributed by atoms with E-state index in [1.165, 1.54) is 57.6 Å². The van der Waals surface area contributed by atoms with E-state index in [2.05, 4.69) is 54.5 Å². The van der Waals surface area contributed by atoms with Gasteiger partial charge in [0.2, 0.25) is 0 Å². The van der Waals surface area contributed by atoms with Crippen LogP contribution in [0, 0.1) is 34.6 Å². The van der Waals surface area contributed by atoms with Gasteiger partial charge in [0.1, 0.15) is 46.0 Å². The van der Waals surface area contributed by atoms with Crippen LogP contribution in [-0.2, 0) is 9.47 Å². The molecule has 2 aliphatic heterocycles. The number of nitrogen functional groups attached to an aromatic ring is 4. The number of esters is 4. The number of hydrogen-bond acceptors (Lipinski definition) is 14. The summed E-state index contributed by atoms with van der Waals surface area (Å²) in [6.07, 6.45) is 0. The van der Waals surface area contributed by atoms with Crippen molar-refractivity contribution in [3.8, 4) is 68.2 Å². The Morgan fingerprint density at radius 3 is 0.880 bits per heavy atom. The Morgan fingerprint density at radius 2 is 0.530 bits per heavy atom. The molecule has 0 saturated heterocycles. The van der Waals surface area contributed by atoms with Crippen molar-refractivity contribution < 1.29 is 47.6 Å². The van der Waals surface area contributed by atoms with E-state index in [0.717, 1.165) is 34.2 Å². The maximum Gasteiger partial charge on any atom is 0.346 e. The number of fused-ring (bicyclic) bond motifs is 2. The van der Waals surface area contributed by atoms with Gasteiger partial charge in [0.25, 0.3) is 0 Å². The van der Waals surface area contributed by atoms with Gasteiger partial charge in [0.05, 0.1) is 22.3 Å². The molecule has 414 valence electrons. The smallest absolute Gasteiger partial charge is 0.346 e. The van der Waals surface area contributed by atoms with Gasteiger partial charge in [-0.3, -0.25) is 0 Å². The lowest BCUT2D eigenvalue weighted by Crippen LogP contribution is -1.97. The highest BCUT2D eigenvalue weighted by Crippen LogP contribution is 2.37. The zero-order valence-corrected chi connectivity index (χ0v) is 46.1. The van der Waals surface area contributed by atoms with E-state index in [0.29, 0.717) is 51.2 Å². The Kier molecular flexibility index (Phi) is 17.3. The molecule has 0 aromatic heterocycles. The molecule has 0 atom stereocenters. The Labute approximate surface area is 480 Å². The third-order valence-electron chi connectivity index (χ3n) is 13.0. The van der Waals surface area contributed by atoms with Crippen molar-refractivity contribution in [2.45, 2.75) is 34.6 Å². The minimum atomic E-state index is -0.697. The van der Waals surface area contributed by atoms with Crippen LogP contribution in [-0.4, -0.2) is 23.9 Å². The van der Waals surface area contributed by atoms with Gasteiger partial charge in [-0.15, -0.1) is 0 Å². The molecule has 2 heterocycles. The van der Waals surface area contributed by atoms with Crippen molar-refractivity contribution in [3.63, 3.8) is 0 Å². The first-order chi connectivity index (χ1) is 39.9. The highest BCUT2D eigenvalue weighted by atomic mass is 16.6. The lowest BCUT2D eigenvalue weighted by molar-refractivity contribution is 0.0425. The van der Waals surface area contributed by atoms with E-state index in [9.17, 15) is 19.2 Å². The summed E-state index contributed by atoms with van der Waals surface area (Å²) in [5, 5.41) is 0. The minimum absolute atomic E-state index is 0.182. The highest BCUT2D eigenvalue weighted by molar-refractivity contribution is 6.16. The molecule has 2 aliphatic rings. The van der Waals surface area contributed by atoms with E-state index in [-0.39, 0.29) is 22.3 Å². The number of carbonyl (C=O) groups excluding carboxylic acids is 4. The molecule has 0 saturated carbocycles. The zero-order valence-electron chi connectivity index (χ0n) is 46.1. The standard InChI is InChI=1S/C25H22N2O3.C16H6O6.C15H17N.C13H13NO/c1-17-2-8-20(9-3-17)28-23-14-24(29-21-10-4-18(26)5-11-21)16-25(15-23)30-22-12-6-19(27)7-13-22;17-13-9-3-1-7(5-11(9)15(19)21-13)8-2-4-10-12(6-8)16(20)22-14(10)18;1-10-4-6-14(11(2)8-10)15-7-5-13(16)9-12(15)3;1-10-2-6-12(7-3-10)15-13-8-4-11(14)5-9-13/h2-16H,26-27H2,1H3;1-6H;4-9H,16H2,1-3H3;2-9H,14H2,1H3. The lowest BCUT2D eigenvalue weighted by Gasteiger charge is -2.13. The number of nitrogens with two attached hydrogens (primary N) is 4. The van der Waals surface area contributed by atoms with Gasteiger partial charge >= 0.3 is 23.9 Å². The second-order valence-electron chi connectivity index (χ2n) is 19.6. The van der Waals surface area contributed by atoms with Crippen molar-refractivity contribution in [1.82, 2.24) is 0 Å². The van der Waals surface area contributed by atoms with Crippen LogP contribution >= 0.6 is 0 Å². The SMILES string of the molecule is Cc1ccc(-c2ccc(N)cc2C)c(C)c1.Cc1ccc(Oc2cc(Oc3ccc(N)cc3)cc(Oc3ccc(N)cc3)c2)cc1.Cc1ccc(Oc2ccc(N)cc2)cc1.O=C1OC(=O)c2cc(-c3ccc4c(c3)C(=O)OC4=O)ccc21. The fraction of sp³-hybridized carbons (Fsp3) is 0.0725. The molecule has 14 nitrogen and oxygen atoms in total. The molecule has 0 fully saturated rings. The molecule has 0 amide bonds. The highest BCUT2D eigenvalue weighted by Gasteiger charge is 2.32. The number of benzene rings is 10. The molecule has 0 bridgehead atoms. The second-order valence-corrected chi connectivity index (χ2v) is 19.6. The van der Waals surface area contributed by atoms with Crippen molar-refractivity contribution in [2.24, 2.45) is 0 Å². The summed E-state index contributed by atoms with van der Waals surface area (Å²) in [7, 11) is 0. The van der Waals surface area contributed by atoms with Crippen LogP contribution in [0.4, 0.5) is 22.7 Å². The number of ether oxygens (including phenoxy) is 6. The first-order valence-electron chi connectivity index (χ1n) is 26.2. The number of aryl methyl sites for hydroxylation is 5. The van der Waals surface area contributed by atoms with Gasteiger partial charge in [-0.05, 0) is 201 Å². The van der Waals surface area contributed by atoms with E-state index < -0.39 is 23.9 Å². The molecule has 12 rings (SSSR count). The Bertz CT molecular complexity index is 3690. The van der Waals surface area contributed by atoms with Crippen LogP contribution in [0.25, 0.3) is 22.3 Å². The molecule has 10 aromatic rings. The fourth-order valence-corrected chi connectivity index (χ4v) is 8.72. The van der Waals surface area contributed by atoms with Crippen LogP contribution in [0.15, 0.2) is 212 Å². The molecule has 10 aromatic carbocycles. The quantitative estimate of drug-likeness (QED) is 0.0568. The summed E-state index contributed by atoms with van der Waals surface area (Å²) in [5.74, 6) is 2.70. The molecule has 8 N–H and O–H groups in total. The summed E-state index contributed by atoms with van der Waals surface area (Å²) in [6, 6.07) is 64.9. The minimum Gasteiger partial charge on any atom is -0.457 e. The predicted octanol–water partition coefficient (Wildman–Crippen LogP) is 15.7. The monoisotopic (exact) mass is 1100 g/mol. The summed E-state index contributed by atoms with van der Waals surface area (Å²) in [5.41, 5.74) is 36.6. The zero-order chi connectivity index (χ0) is 58.7. The molecule has 14 heteroatoms. The van der Waals surface area contributed by atoms with Gasteiger partial charge in [-0.1, -0.05) is 77.4 Å². The maximum absolute atomic E-state index is 11.6. The largest absolute Gasteiger partial charge is 0.457 e. The van der Waals surface area contributed by atoms with Gasteiger partial charge in [0.15, 0.2) is 0 Å². The van der Waals surface area contributed by atoms with Gasteiger partial charge in [0, 0.05) is 40.9 Å². The van der Waals surface area contributed by atoms with Gasteiger partial charge in [-0.2, -0.15) is 0 Å². The van der Waals surface area contributed by atoms with E-state index in [1.54, 1.807) is 42.5 Å². The van der Waals surface area contributed by atoms with E-state index in [4.69, 9.17) is 41.9 Å². The normalized spacial score (nSPS) is 11.7. The Morgan fingerprint density at radius 1 is 0.253 bits per heavy atom. The summed E-state index contributed by atoms with van der Waals surface area (Å²) < 4.78 is 32.7. The van der Waals surface area contributed by atoms with E-state index >= 15 is 0 Å². The molecule has 0 unspecified atom stereocenters. The molecule has 0 radical (unpaired) electrons. The average molecular weight is 1100 g/mol. The van der Waals surface area contributed by atoms with Gasteiger partial charge < -0.3 is 51.4 Å². The summed E-state index contributed by atoms with van der Waals surface area (Å²) in [4.78, 5) is 46.0. The van der Waals surface area contributed by atoms with Crippen molar-refractivity contribution >= 4 is 46.6 Å². The Balaban J connectivity index is 0.000000138. The third-order valence-corrected chi connectivity index (χ3v) is 13.0. The molecule has 83 heavy (non-hydrogen) atoms.